The molecule has 0 aromatic rings. The molecule has 0 radical (unpaired) electrons. The molecule has 0 fully saturated rings. The summed E-state index contributed by atoms with van der Waals surface area (Å²) >= 11 is 0. The molecule has 1 unspecified atom stereocenters. The summed E-state index contributed by atoms with van der Waals surface area (Å²) in [7, 11) is 0. The zero-order valence-corrected chi connectivity index (χ0v) is 11.5. The molecule has 0 saturated heterocycles. The Labute approximate surface area is 104 Å². The quantitative estimate of drug-likeness (QED) is 0.646. The first kappa shape index (κ1) is 15.9. The van der Waals surface area contributed by atoms with E-state index in [9.17, 15) is 9.59 Å². The van der Waals surface area contributed by atoms with Gasteiger partial charge in [-0.1, -0.05) is 27.2 Å². The molecule has 0 aliphatic rings. The molecular weight excluding hydrogens is 220 g/mol. The van der Waals surface area contributed by atoms with Gasteiger partial charge in [0, 0.05) is 0 Å². The van der Waals surface area contributed by atoms with Crippen LogP contribution in [0.1, 0.15) is 53.9 Å². The highest BCUT2D eigenvalue weighted by atomic mass is 16.6. The Bertz CT molecular complexity index is 258. The van der Waals surface area contributed by atoms with Gasteiger partial charge >= 0.3 is 11.9 Å². The van der Waals surface area contributed by atoms with Crippen LogP contribution in [0.25, 0.3) is 0 Å². The van der Waals surface area contributed by atoms with E-state index in [0.29, 0.717) is 13.0 Å². The number of hydrogen-bond acceptors (Lipinski definition) is 4. The fourth-order valence-electron chi connectivity index (χ4n) is 1.70. The number of esters is 2. The molecule has 0 aromatic carbocycles. The van der Waals surface area contributed by atoms with E-state index in [1.54, 1.807) is 6.92 Å². The second-order valence-electron chi connectivity index (χ2n) is 4.98. The summed E-state index contributed by atoms with van der Waals surface area (Å²) in [5.41, 5.74) is -0.0831. The third-order valence-corrected chi connectivity index (χ3v) is 2.48. The van der Waals surface area contributed by atoms with Crippen LogP contribution in [-0.4, -0.2) is 24.6 Å². The maximum absolute atomic E-state index is 11.6. The van der Waals surface area contributed by atoms with Crippen LogP contribution < -0.4 is 0 Å². The lowest BCUT2D eigenvalue weighted by Crippen LogP contribution is -2.28. The van der Waals surface area contributed by atoms with Crippen molar-refractivity contribution in [2.24, 2.45) is 5.41 Å². The Morgan fingerprint density at radius 3 is 2.29 bits per heavy atom. The summed E-state index contributed by atoms with van der Waals surface area (Å²) in [6, 6.07) is 0. The SMILES string of the molecule is CCCC(C)(C)CC(=O)OC(C)C(=O)OCC. The molecule has 0 rings (SSSR count). The van der Waals surface area contributed by atoms with Crippen molar-refractivity contribution in [3.05, 3.63) is 0 Å². The molecule has 1 atom stereocenters. The average Bonchev–Trinajstić information content (AvgIpc) is 2.16. The van der Waals surface area contributed by atoms with E-state index in [-0.39, 0.29) is 11.4 Å². The molecule has 0 aliphatic heterocycles. The number of carbonyl (C=O) groups is 2. The van der Waals surface area contributed by atoms with E-state index in [2.05, 4.69) is 6.92 Å². The van der Waals surface area contributed by atoms with E-state index < -0.39 is 12.1 Å². The van der Waals surface area contributed by atoms with Crippen LogP contribution in [0.2, 0.25) is 0 Å². The summed E-state index contributed by atoms with van der Waals surface area (Å²) in [4.78, 5) is 22.9. The van der Waals surface area contributed by atoms with Gasteiger partial charge in [0.15, 0.2) is 6.10 Å². The molecule has 0 spiro atoms. The molecule has 100 valence electrons. The van der Waals surface area contributed by atoms with E-state index in [4.69, 9.17) is 9.47 Å². The number of rotatable bonds is 7. The van der Waals surface area contributed by atoms with Gasteiger partial charge in [0.05, 0.1) is 13.0 Å². The van der Waals surface area contributed by atoms with Crippen molar-refractivity contribution in [1.29, 1.82) is 0 Å². The van der Waals surface area contributed by atoms with Crippen LogP contribution in [0.15, 0.2) is 0 Å². The fourth-order valence-corrected chi connectivity index (χ4v) is 1.70. The van der Waals surface area contributed by atoms with Crippen LogP contribution in [0, 0.1) is 5.41 Å². The lowest BCUT2D eigenvalue weighted by atomic mass is 9.85. The molecule has 0 saturated carbocycles. The zero-order valence-electron chi connectivity index (χ0n) is 11.5. The van der Waals surface area contributed by atoms with Crippen LogP contribution in [0.4, 0.5) is 0 Å². The summed E-state index contributed by atoms with van der Waals surface area (Å²) in [5.74, 6) is -0.835. The van der Waals surface area contributed by atoms with Gasteiger partial charge in [0.1, 0.15) is 0 Å². The summed E-state index contributed by atoms with van der Waals surface area (Å²) in [6.07, 6.45) is 1.48. The maximum Gasteiger partial charge on any atom is 0.347 e. The monoisotopic (exact) mass is 244 g/mol. The van der Waals surface area contributed by atoms with Crippen molar-refractivity contribution in [3.63, 3.8) is 0 Å². The minimum absolute atomic E-state index is 0.0831. The molecule has 0 aromatic heterocycles. The number of carbonyl (C=O) groups excluding carboxylic acids is 2. The standard InChI is InChI=1S/C13H24O4/c1-6-8-13(4,5)9-11(14)17-10(3)12(15)16-7-2/h10H,6-9H2,1-5H3. The van der Waals surface area contributed by atoms with Gasteiger partial charge in [-0.3, -0.25) is 4.79 Å². The van der Waals surface area contributed by atoms with Gasteiger partial charge in [-0.25, -0.2) is 4.79 Å². The molecule has 4 nitrogen and oxygen atoms in total. The third-order valence-electron chi connectivity index (χ3n) is 2.48. The van der Waals surface area contributed by atoms with Crippen LogP contribution in [0.5, 0.6) is 0 Å². The highest BCUT2D eigenvalue weighted by molar-refractivity contribution is 5.79. The van der Waals surface area contributed by atoms with Crippen molar-refractivity contribution < 1.29 is 19.1 Å². The van der Waals surface area contributed by atoms with Crippen molar-refractivity contribution >= 4 is 11.9 Å². The third kappa shape index (κ3) is 6.97. The Hall–Kier alpha value is -1.06. The molecule has 0 heterocycles. The van der Waals surface area contributed by atoms with Crippen molar-refractivity contribution in [1.82, 2.24) is 0 Å². The fraction of sp³-hybridized carbons (Fsp3) is 0.846. The molecule has 4 heteroatoms. The predicted octanol–water partition coefficient (Wildman–Crippen LogP) is 2.70. The van der Waals surface area contributed by atoms with Crippen LogP contribution in [-0.2, 0) is 19.1 Å². The first-order chi connectivity index (χ1) is 7.82. The largest absolute Gasteiger partial charge is 0.463 e. The first-order valence-corrected chi connectivity index (χ1v) is 6.18. The van der Waals surface area contributed by atoms with E-state index in [1.807, 2.05) is 13.8 Å². The first-order valence-electron chi connectivity index (χ1n) is 6.18. The second-order valence-corrected chi connectivity index (χ2v) is 4.98. The van der Waals surface area contributed by atoms with Crippen molar-refractivity contribution in [2.75, 3.05) is 6.61 Å². The Balaban J connectivity index is 4.13. The normalized spacial score (nSPS) is 13.0. The minimum atomic E-state index is -0.820. The van der Waals surface area contributed by atoms with Gasteiger partial charge in [-0.2, -0.15) is 0 Å². The zero-order chi connectivity index (χ0) is 13.5. The Kier molecular flexibility index (Phi) is 6.85. The van der Waals surface area contributed by atoms with Crippen molar-refractivity contribution in [3.8, 4) is 0 Å². The minimum Gasteiger partial charge on any atom is -0.463 e. The van der Waals surface area contributed by atoms with E-state index in [1.165, 1.54) is 6.92 Å². The number of ether oxygens (including phenoxy) is 2. The lowest BCUT2D eigenvalue weighted by Gasteiger charge is -2.23. The predicted molar refractivity (Wildman–Crippen MR) is 65.5 cm³/mol. The highest BCUT2D eigenvalue weighted by Gasteiger charge is 2.25. The van der Waals surface area contributed by atoms with Crippen molar-refractivity contribution in [2.45, 2.75) is 60.0 Å². The van der Waals surface area contributed by atoms with Gasteiger partial charge < -0.3 is 9.47 Å². The summed E-state index contributed by atoms with van der Waals surface area (Å²) < 4.78 is 9.80. The van der Waals surface area contributed by atoms with Crippen LogP contribution >= 0.6 is 0 Å². The molecule has 0 amide bonds. The Morgan fingerprint density at radius 2 is 1.82 bits per heavy atom. The summed E-state index contributed by atoms with van der Waals surface area (Å²) in [6.45, 7) is 9.66. The van der Waals surface area contributed by atoms with Crippen LogP contribution in [0.3, 0.4) is 0 Å². The Morgan fingerprint density at radius 1 is 1.24 bits per heavy atom. The lowest BCUT2D eigenvalue weighted by molar-refractivity contribution is -0.167. The molecule has 0 bridgehead atoms. The smallest absolute Gasteiger partial charge is 0.347 e. The summed E-state index contributed by atoms with van der Waals surface area (Å²) in [5, 5.41) is 0. The molecule has 0 N–H and O–H groups in total. The van der Waals surface area contributed by atoms with Gasteiger partial charge in [-0.05, 0) is 25.7 Å². The second kappa shape index (κ2) is 7.30. The average molecular weight is 244 g/mol. The van der Waals surface area contributed by atoms with Gasteiger partial charge in [0.2, 0.25) is 0 Å². The van der Waals surface area contributed by atoms with E-state index >= 15 is 0 Å². The van der Waals surface area contributed by atoms with Gasteiger partial charge in [0.25, 0.3) is 0 Å². The molecule has 17 heavy (non-hydrogen) atoms. The van der Waals surface area contributed by atoms with E-state index in [0.717, 1.165) is 12.8 Å². The topological polar surface area (TPSA) is 52.6 Å². The molecular formula is C13H24O4. The van der Waals surface area contributed by atoms with Gasteiger partial charge in [-0.15, -0.1) is 0 Å². The highest BCUT2D eigenvalue weighted by Crippen LogP contribution is 2.27. The number of hydrogen-bond donors (Lipinski definition) is 0. The molecule has 0 aliphatic carbocycles. The maximum atomic E-state index is 11.6.